The molecule has 0 heterocycles. The van der Waals surface area contributed by atoms with Gasteiger partial charge in [0.05, 0.1) is 0 Å². The molecule has 0 aliphatic carbocycles. The van der Waals surface area contributed by atoms with Crippen LogP contribution in [0, 0.1) is 6.61 Å². The van der Waals surface area contributed by atoms with Crippen LogP contribution in [0.3, 0.4) is 0 Å². The van der Waals surface area contributed by atoms with Gasteiger partial charge in [-0.2, -0.15) is 0 Å². The molecule has 0 aliphatic rings. The summed E-state index contributed by atoms with van der Waals surface area (Å²) in [4.78, 5) is 0. The van der Waals surface area contributed by atoms with E-state index in [1.165, 1.54) is 31.6 Å². The fourth-order valence-electron chi connectivity index (χ4n) is 0.254. The van der Waals surface area contributed by atoms with Crippen LogP contribution in [-0.2, 0) is 4.74 Å². The molecular formula is C5H8NaO. The molecule has 0 fully saturated rings. The Morgan fingerprint density at radius 1 is 1.71 bits per heavy atom. The molecule has 0 atom stereocenters. The second-order valence-corrected chi connectivity index (χ2v) is 2.24. The molecule has 0 aromatic carbocycles. The average Bonchev–Trinajstić information content (AvgIpc) is 1.69. The van der Waals surface area contributed by atoms with Crippen LogP contribution in [0.5, 0.6) is 0 Å². The molecule has 0 rings (SSSR count). The molecule has 1 radical (unpaired) electrons. The van der Waals surface area contributed by atoms with Crippen LogP contribution in [0.1, 0.15) is 0 Å². The zero-order valence-electron chi connectivity index (χ0n) is 4.68. The van der Waals surface area contributed by atoms with Gasteiger partial charge in [-0.05, 0) is 0 Å². The van der Waals surface area contributed by atoms with Crippen LogP contribution in [-0.4, -0.2) is 34.5 Å². The van der Waals surface area contributed by atoms with Gasteiger partial charge in [0, 0.05) is 0 Å². The van der Waals surface area contributed by atoms with E-state index >= 15 is 0 Å². The van der Waals surface area contributed by atoms with Crippen LogP contribution >= 0.6 is 0 Å². The SMILES string of the molecule is C=C[CH]OC[CH2][Na]. The summed E-state index contributed by atoms with van der Waals surface area (Å²) < 4.78 is 6.12. The van der Waals surface area contributed by atoms with Gasteiger partial charge in [-0.25, -0.2) is 0 Å². The second-order valence-electron chi connectivity index (χ2n) is 1.24. The molecule has 0 amide bonds. The first-order chi connectivity index (χ1) is 3.41. The topological polar surface area (TPSA) is 9.23 Å². The van der Waals surface area contributed by atoms with Crippen LogP contribution in [0.15, 0.2) is 12.7 Å². The summed E-state index contributed by atoms with van der Waals surface area (Å²) in [5.41, 5.74) is 0. The Bertz CT molecular complexity index is 45.3. The fraction of sp³-hybridized carbons (Fsp3) is 0.400. The van der Waals surface area contributed by atoms with Crippen molar-refractivity contribution in [2.45, 2.75) is 3.67 Å². The van der Waals surface area contributed by atoms with Crippen molar-refractivity contribution < 1.29 is 4.74 Å². The molecule has 0 bridgehead atoms. The number of hydrogen-bond donors (Lipinski definition) is 0. The van der Waals surface area contributed by atoms with Crippen molar-refractivity contribution in [3.8, 4) is 0 Å². The Kier molecular flexibility index (Phi) is 7.37. The van der Waals surface area contributed by atoms with E-state index in [0.717, 1.165) is 6.61 Å². The fourth-order valence-corrected chi connectivity index (χ4v) is 0.490. The van der Waals surface area contributed by atoms with E-state index < -0.39 is 0 Å². The quantitative estimate of drug-likeness (QED) is 0.383. The molecule has 0 unspecified atom stereocenters. The monoisotopic (exact) mass is 107 g/mol. The molecular weight excluding hydrogens is 99.0 g/mol. The Labute approximate surface area is 62.2 Å². The molecule has 0 saturated heterocycles. The molecule has 0 spiro atoms. The molecule has 2 heteroatoms. The number of ether oxygens (including phenoxy) is 1. The van der Waals surface area contributed by atoms with Crippen LogP contribution in [0.4, 0.5) is 0 Å². The van der Waals surface area contributed by atoms with Gasteiger partial charge in [-0.3, -0.25) is 0 Å². The Morgan fingerprint density at radius 2 is 2.43 bits per heavy atom. The van der Waals surface area contributed by atoms with Gasteiger partial charge in [0.2, 0.25) is 0 Å². The third-order valence-corrected chi connectivity index (χ3v) is 0.923. The standard InChI is InChI=1S/C5H8O.Na/c1-3-5-6-4-2;/h3,5H,1-2,4H2;. The van der Waals surface area contributed by atoms with Crippen molar-refractivity contribution in [1.29, 1.82) is 0 Å². The summed E-state index contributed by atoms with van der Waals surface area (Å²) >= 11 is 1.23. The van der Waals surface area contributed by atoms with E-state index in [0.29, 0.717) is 0 Å². The molecule has 0 aliphatic heterocycles. The zero-order chi connectivity index (χ0) is 5.54. The maximum absolute atomic E-state index is 4.92. The van der Waals surface area contributed by atoms with E-state index in [-0.39, 0.29) is 0 Å². The minimum atomic E-state index is 0.859. The van der Waals surface area contributed by atoms with Gasteiger partial charge in [0.1, 0.15) is 0 Å². The first-order valence-electron chi connectivity index (χ1n) is 2.47. The molecule has 0 aromatic rings. The van der Waals surface area contributed by atoms with E-state index in [1.807, 2.05) is 0 Å². The number of rotatable bonds is 4. The van der Waals surface area contributed by atoms with Gasteiger partial charge in [0.25, 0.3) is 0 Å². The van der Waals surface area contributed by atoms with Crippen molar-refractivity contribution in [2.75, 3.05) is 6.61 Å². The molecule has 0 aromatic heterocycles. The van der Waals surface area contributed by atoms with E-state index in [1.54, 1.807) is 12.7 Å². The molecule has 35 valence electrons. The Hall–Kier alpha value is 0.700. The predicted molar refractivity (Wildman–Crippen MR) is 31.0 cm³/mol. The minimum absolute atomic E-state index is 0.859. The molecule has 1 nitrogen and oxygen atoms in total. The molecule has 7 heavy (non-hydrogen) atoms. The summed E-state index contributed by atoms with van der Waals surface area (Å²) in [5, 5.41) is 0. The average molecular weight is 107 g/mol. The number of hydrogen-bond acceptors (Lipinski definition) is 1. The third-order valence-electron chi connectivity index (χ3n) is 0.514. The summed E-state index contributed by atoms with van der Waals surface area (Å²) in [6, 6.07) is 0. The van der Waals surface area contributed by atoms with Gasteiger partial charge in [-0.15, -0.1) is 0 Å². The van der Waals surface area contributed by atoms with Crippen LogP contribution < -0.4 is 0 Å². The summed E-state index contributed by atoms with van der Waals surface area (Å²) in [5.74, 6) is 0. The van der Waals surface area contributed by atoms with E-state index in [9.17, 15) is 0 Å². The van der Waals surface area contributed by atoms with Gasteiger partial charge in [0.15, 0.2) is 0 Å². The van der Waals surface area contributed by atoms with Crippen LogP contribution in [0.25, 0.3) is 0 Å². The summed E-state index contributed by atoms with van der Waals surface area (Å²) in [7, 11) is 0. The van der Waals surface area contributed by atoms with Gasteiger partial charge in [-0.1, -0.05) is 0 Å². The molecule has 0 N–H and O–H groups in total. The van der Waals surface area contributed by atoms with E-state index in [2.05, 4.69) is 6.58 Å². The van der Waals surface area contributed by atoms with E-state index in [4.69, 9.17) is 4.74 Å². The maximum atomic E-state index is 4.92. The summed E-state index contributed by atoms with van der Waals surface area (Å²) in [6.45, 7) is 5.95. The van der Waals surface area contributed by atoms with Crippen molar-refractivity contribution in [2.24, 2.45) is 0 Å². The second kappa shape index (κ2) is 6.70. The van der Waals surface area contributed by atoms with Crippen LogP contribution in [0.2, 0.25) is 3.67 Å². The summed E-state index contributed by atoms with van der Waals surface area (Å²) in [6.07, 6.45) is 1.65. The van der Waals surface area contributed by atoms with Gasteiger partial charge >= 0.3 is 62.2 Å². The van der Waals surface area contributed by atoms with Crippen molar-refractivity contribution in [3.05, 3.63) is 19.3 Å². The van der Waals surface area contributed by atoms with Crippen molar-refractivity contribution in [3.63, 3.8) is 0 Å². The first kappa shape index (κ1) is 7.70. The zero-order valence-corrected chi connectivity index (χ0v) is 6.68. The first-order valence-corrected chi connectivity index (χ1v) is 3.89. The van der Waals surface area contributed by atoms with Crippen molar-refractivity contribution >= 4 is 27.9 Å². The predicted octanol–water partition coefficient (Wildman–Crippen LogP) is 0.938. The third kappa shape index (κ3) is 6.70. The Morgan fingerprint density at radius 3 is 2.86 bits per heavy atom. The molecule has 0 saturated carbocycles. The normalized spacial score (nSPS) is 8.86. The Balaban J connectivity index is 2.56. The van der Waals surface area contributed by atoms with Crippen molar-refractivity contribution in [1.82, 2.24) is 0 Å². The van der Waals surface area contributed by atoms with Gasteiger partial charge < -0.3 is 0 Å².